The van der Waals surface area contributed by atoms with Gasteiger partial charge < -0.3 is 9.84 Å². The molecule has 0 aromatic heterocycles. The summed E-state index contributed by atoms with van der Waals surface area (Å²) in [5, 5.41) is 9.09. The summed E-state index contributed by atoms with van der Waals surface area (Å²) in [6.07, 6.45) is 3.50. The number of methoxy groups -OCH3 is 1. The quantitative estimate of drug-likeness (QED) is 0.890. The van der Waals surface area contributed by atoms with E-state index in [-0.39, 0.29) is 11.8 Å². The molecule has 96 valence electrons. The van der Waals surface area contributed by atoms with Gasteiger partial charge in [-0.3, -0.25) is 4.79 Å². The molecule has 3 nitrogen and oxygen atoms in total. The van der Waals surface area contributed by atoms with Crippen LogP contribution in [-0.2, 0) is 4.79 Å². The Morgan fingerprint density at radius 2 is 2.00 bits per heavy atom. The van der Waals surface area contributed by atoms with Crippen molar-refractivity contribution in [2.24, 2.45) is 11.8 Å². The molecule has 0 radical (unpaired) electrons. The Morgan fingerprint density at radius 1 is 1.33 bits per heavy atom. The lowest BCUT2D eigenvalue weighted by molar-refractivity contribution is -0.143. The van der Waals surface area contributed by atoms with E-state index in [9.17, 15) is 4.79 Å². The number of carbonyl (C=O) groups is 1. The lowest BCUT2D eigenvalue weighted by Crippen LogP contribution is -2.24. The van der Waals surface area contributed by atoms with Crippen LogP contribution in [0.2, 0.25) is 0 Å². The first kappa shape index (κ1) is 12.7. The molecular formula is C15H18O3. The molecule has 1 aromatic carbocycles. The Labute approximate surface area is 107 Å². The summed E-state index contributed by atoms with van der Waals surface area (Å²) >= 11 is 0. The van der Waals surface area contributed by atoms with Crippen LogP contribution in [-0.4, -0.2) is 18.2 Å². The van der Waals surface area contributed by atoms with Crippen LogP contribution in [0.15, 0.2) is 30.3 Å². The van der Waals surface area contributed by atoms with E-state index >= 15 is 0 Å². The monoisotopic (exact) mass is 246 g/mol. The molecule has 0 heterocycles. The number of hydrogen-bond acceptors (Lipinski definition) is 2. The van der Waals surface area contributed by atoms with Crippen LogP contribution >= 0.6 is 0 Å². The van der Waals surface area contributed by atoms with Crippen LogP contribution in [0.5, 0.6) is 5.75 Å². The maximum atomic E-state index is 11.0. The minimum atomic E-state index is -0.687. The largest absolute Gasteiger partial charge is 0.497 e. The lowest BCUT2D eigenvalue weighted by atomic mass is 9.79. The standard InChI is InChI=1S/C15H18O3/c1-10-9-12(5-8-14(10)15(16)17)11-3-6-13(18-2)7-4-11/h3-7,10,14H,8-9H2,1-2H3,(H,16,17)/t10-,14+/m1/s1. The predicted molar refractivity (Wildman–Crippen MR) is 70.5 cm³/mol. The first-order valence-electron chi connectivity index (χ1n) is 6.18. The molecule has 0 bridgehead atoms. The van der Waals surface area contributed by atoms with Gasteiger partial charge >= 0.3 is 5.97 Å². The smallest absolute Gasteiger partial charge is 0.307 e. The first-order valence-corrected chi connectivity index (χ1v) is 6.18. The number of carboxylic acids is 1. The molecule has 2 atom stereocenters. The van der Waals surface area contributed by atoms with E-state index in [1.807, 2.05) is 31.2 Å². The highest BCUT2D eigenvalue weighted by Gasteiger charge is 2.28. The molecule has 18 heavy (non-hydrogen) atoms. The zero-order chi connectivity index (χ0) is 13.1. The van der Waals surface area contributed by atoms with Gasteiger partial charge in [-0.15, -0.1) is 0 Å². The topological polar surface area (TPSA) is 46.5 Å². The van der Waals surface area contributed by atoms with Crippen LogP contribution in [0, 0.1) is 11.8 Å². The van der Waals surface area contributed by atoms with Gasteiger partial charge in [-0.1, -0.05) is 25.1 Å². The summed E-state index contributed by atoms with van der Waals surface area (Å²) in [4.78, 5) is 11.0. The molecule has 1 aliphatic rings. The fourth-order valence-corrected chi connectivity index (χ4v) is 2.46. The second-order valence-corrected chi connectivity index (χ2v) is 4.82. The van der Waals surface area contributed by atoms with Crippen molar-refractivity contribution in [3.8, 4) is 5.75 Å². The van der Waals surface area contributed by atoms with Crippen molar-refractivity contribution in [2.45, 2.75) is 19.8 Å². The fourth-order valence-electron chi connectivity index (χ4n) is 2.46. The van der Waals surface area contributed by atoms with E-state index < -0.39 is 5.97 Å². The van der Waals surface area contributed by atoms with Crippen molar-refractivity contribution in [3.63, 3.8) is 0 Å². The van der Waals surface area contributed by atoms with E-state index in [0.717, 1.165) is 17.7 Å². The average molecular weight is 246 g/mol. The highest BCUT2D eigenvalue weighted by molar-refractivity contribution is 5.74. The summed E-state index contributed by atoms with van der Waals surface area (Å²) in [6, 6.07) is 7.92. The van der Waals surface area contributed by atoms with E-state index in [2.05, 4.69) is 6.08 Å². The Kier molecular flexibility index (Phi) is 3.70. The van der Waals surface area contributed by atoms with Gasteiger partial charge in [0.1, 0.15) is 5.75 Å². The van der Waals surface area contributed by atoms with Crippen LogP contribution in [0.1, 0.15) is 25.3 Å². The van der Waals surface area contributed by atoms with Gasteiger partial charge in [0.25, 0.3) is 0 Å². The van der Waals surface area contributed by atoms with Crippen molar-refractivity contribution in [3.05, 3.63) is 35.9 Å². The molecule has 0 aliphatic heterocycles. The van der Waals surface area contributed by atoms with Crippen molar-refractivity contribution in [2.75, 3.05) is 7.11 Å². The summed E-state index contributed by atoms with van der Waals surface area (Å²) in [6.45, 7) is 2.01. The molecule has 0 spiro atoms. The van der Waals surface area contributed by atoms with Crippen molar-refractivity contribution < 1.29 is 14.6 Å². The van der Waals surface area contributed by atoms with Gasteiger partial charge in [0.2, 0.25) is 0 Å². The van der Waals surface area contributed by atoms with Gasteiger partial charge in [0.15, 0.2) is 0 Å². The highest BCUT2D eigenvalue weighted by Crippen LogP contribution is 2.35. The average Bonchev–Trinajstić information content (AvgIpc) is 2.38. The second-order valence-electron chi connectivity index (χ2n) is 4.82. The van der Waals surface area contributed by atoms with Crippen molar-refractivity contribution in [1.29, 1.82) is 0 Å². The number of hydrogen-bond donors (Lipinski definition) is 1. The molecule has 3 heteroatoms. The number of rotatable bonds is 3. The fraction of sp³-hybridized carbons (Fsp3) is 0.400. The van der Waals surface area contributed by atoms with Gasteiger partial charge in [0.05, 0.1) is 13.0 Å². The zero-order valence-corrected chi connectivity index (χ0v) is 10.7. The zero-order valence-electron chi connectivity index (χ0n) is 10.7. The van der Waals surface area contributed by atoms with Gasteiger partial charge in [-0.2, -0.15) is 0 Å². The third kappa shape index (κ3) is 2.55. The van der Waals surface area contributed by atoms with Gasteiger partial charge in [-0.25, -0.2) is 0 Å². The van der Waals surface area contributed by atoms with Crippen LogP contribution < -0.4 is 4.74 Å². The Balaban J connectivity index is 2.17. The molecule has 0 saturated carbocycles. The van der Waals surface area contributed by atoms with E-state index in [1.165, 1.54) is 5.57 Å². The maximum Gasteiger partial charge on any atom is 0.307 e. The molecule has 0 saturated heterocycles. The Bertz CT molecular complexity index is 459. The lowest BCUT2D eigenvalue weighted by Gasteiger charge is -2.25. The van der Waals surface area contributed by atoms with E-state index in [1.54, 1.807) is 7.11 Å². The Hall–Kier alpha value is -1.77. The minimum Gasteiger partial charge on any atom is -0.497 e. The number of carboxylic acid groups (broad SMARTS) is 1. The second kappa shape index (κ2) is 5.25. The molecular weight excluding hydrogens is 228 g/mol. The third-order valence-corrected chi connectivity index (χ3v) is 3.62. The summed E-state index contributed by atoms with van der Waals surface area (Å²) < 4.78 is 5.13. The Morgan fingerprint density at radius 3 is 2.50 bits per heavy atom. The van der Waals surface area contributed by atoms with Crippen molar-refractivity contribution >= 4 is 11.5 Å². The van der Waals surface area contributed by atoms with Gasteiger partial charge in [-0.05, 0) is 42.0 Å². The van der Waals surface area contributed by atoms with E-state index in [4.69, 9.17) is 9.84 Å². The third-order valence-electron chi connectivity index (χ3n) is 3.62. The minimum absolute atomic E-state index is 0.185. The molecule has 0 amide bonds. The molecule has 1 aliphatic carbocycles. The number of benzene rings is 1. The summed E-state index contributed by atoms with van der Waals surface area (Å²) in [5.41, 5.74) is 2.40. The molecule has 1 aromatic rings. The normalized spacial score (nSPS) is 23.3. The number of ether oxygens (including phenoxy) is 1. The highest BCUT2D eigenvalue weighted by atomic mass is 16.5. The number of allylic oxidation sites excluding steroid dienone is 2. The molecule has 1 N–H and O–H groups in total. The van der Waals surface area contributed by atoms with Gasteiger partial charge in [0, 0.05) is 0 Å². The van der Waals surface area contributed by atoms with Crippen LogP contribution in [0.25, 0.3) is 5.57 Å². The molecule has 2 rings (SSSR count). The predicted octanol–water partition coefficient (Wildman–Crippen LogP) is 3.21. The van der Waals surface area contributed by atoms with Crippen molar-refractivity contribution in [1.82, 2.24) is 0 Å². The summed E-state index contributed by atoms with van der Waals surface area (Å²) in [7, 11) is 1.65. The molecule has 0 fully saturated rings. The first-order chi connectivity index (χ1) is 8.61. The SMILES string of the molecule is COc1ccc(C2=CC[C@H](C(=O)O)[C@H](C)C2)cc1. The number of aliphatic carboxylic acids is 1. The van der Waals surface area contributed by atoms with Crippen LogP contribution in [0.3, 0.4) is 0 Å². The van der Waals surface area contributed by atoms with E-state index in [0.29, 0.717) is 6.42 Å². The molecule has 0 unspecified atom stereocenters. The maximum absolute atomic E-state index is 11.0. The van der Waals surface area contributed by atoms with Crippen LogP contribution in [0.4, 0.5) is 0 Å². The summed E-state index contributed by atoms with van der Waals surface area (Å²) in [5.74, 6) is 0.0933.